The standard InChI is InChI=1S/C28H30ClNO4/c1-27(2,30-18-23(19-30)34-25-17-22(31)13-14-24(25)29)15-16-28(26(32)33,20-9-5-3-6-10-20)21-11-7-4-8-12-21/h3-14,17,23,31H,15-16,18-19H2,1-2H3,(H,32,33). The maximum Gasteiger partial charge on any atom is 0.318 e. The van der Waals surface area contributed by atoms with Gasteiger partial charge in [0.2, 0.25) is 0 Å². The van der Waals surface area contributed by atoms with Gasteiger partial charge < -0.3 is 14.9 Å². The largest absolute Gasteiger partial charge is 0.508 e. The molecule has 5 nitrogen and oxygen atoms in total. The lowest BCUT2D eigenvalue weighted by Gasteiger charge is -2.49. The quantitative estimate of drug-likeness (QED) is 0.409. The Morgan fingerprint density at radius 2 is 1.53 bits per heavy atom. The Morgan fingerprint density at radius 3 is 2.06 bits per heavy atom. The lowest BCUT2D eigenvalue weighted by molar-refractivity contribution is -0.143. The summed E-state index contributed by atoms with van der Waals surface area (Å²) in [5.74, 6) is -0.256. The summed E-state index contributed by atoms with van der Waals surface area (Å²) in [7, 11) is 0. The Kier molecular flexibility index (Phi) is 6.87. The smallest absolute Gasteiger partial charge is 0.318 e. The number of phenols is 1. The molecule has 0 bridgehead atoms. The number of aliphatic carboxylic acids is 1. The van der Waals surface area contributed by atoms with E-state index in [1.165, 1.54) is 12.1 Å². The highest BCUT2D eigenvalue weighted by Crippen LogP contribution is 2.41. The highest BCUT2D eigenvalue weighted by molar-refractivity contribution is 6.32. The van der Waals surface area contributed by atoms with Crippen molar-refractivity contribution in [3.63, 3.8) is 0 Å². The molecule has 178 valence electrons. The number of halogens is 1. The van der Waals surface area contributed by atoms with Gasteiger partial charge in [0.05, 0.1) is 5.02 Å². The van der Waals surface area contributed by atoms with E-state index >= 15 is 0 Å². The van der Waals surface area contributed by atoms with Crippen molar-refractivity contribution in [2.75, 3.05) is 13.1 Å². The molecule has 1 aliphatic rings. The van der Waals surface area contributed by atoms with Gasteiger partial charge >= 0.3 is 5.97 Å². The van der Waals surface area contributed by atoms with Gasteiger partial charge in [0.1, 0.15) is 23.0 Å². The molecule has 34 heavy (non-hydrogen) atoms. The number of carbonyl (C=O) groups is 1. The SMILES string of the molecule is CC(C)(CCC(C(=O)O)(c1ccccc1)c1ccccc1)N1CC(Oc2cc(O)ccc2Cl)C1. The van der Waals surface area contributed by atoms with E-state index in [1.807, 2.05) is 60.7 Å². The highest BCUT2D eigenvalue weighted by atomic mass is 35.5. The number of carboxylic acid groups (broad SMARTS) is 1. The first-order valence-electron chi connectivity index (χ1n) is 11.5. The van der Waals surface area contributed by atoms with Crippen LogP contribution >= 0.6 is 11.6 Å². The van der Waals surface area contributed by atoms with Crippen LogP contribution in [0.25, 0.3) is 0 Å². The minimum absolute atomic E-state index is 0.0361. The second kappa shape index (κ2) is 9.69. The lowest BCUT2D eigenvalue weighted by atomic mass is 9.69. The summed E-state index contributed by atoms with van der Waals surface area (Å²) in [5, 5.41) is 20.7. The minimum atomic E-state index is -1.13. The molecule has 0 unspecified atom stereocenters. The van der Waals surface area contributed by atoms with Gasteiger partial charge in [-0.3, -0.25) is 9.69 Å². The first-order valence-corrected chi connectivity index (χ1v) is 11.8. The van der Waals surface area contributed by atoms with Crippen LogP contribution in [0.4, 0.5) is 0 Å². The first-order chi connectivity index (χ1) is 16.2. The molecule has 0 aromatic heterocycles. The van der Waals surface area contributed by atoms with Crippen molar-refractivity contribution in [2.24, 2.45) is 0 Å². The van der Waals surface area contributed by atoms with Gasteiger partial charge in [0, 0.05) is 24.7 Å². The number of ether oxygens (including phenoxy) is 1. The minimum Gasteiger partial charge on any atom is -0.508 e. The number of hydrogen-bond donors (Lipinski definition) is 2. The first kappa shape index (κ1) is 24.1. The van der Waals surface area contributed by atoms with Crippen molar-refractivity contribution in [3.05, 3.63) is 95.0 Å². The molecule has 6 heteroatoms. The van der Waals surface area contributed by atoms with E-state index in [1.54, 1.807) is 6.07 Å². The van der Waals surface area contributed by atoms with Crippen LogP contribution < -0.4 is 4.74 Å². The monoisotopic (exact) mass is 479 g/mol. The van der Waals surface area contributed by atoms with Crippen LogP contribution in [0.15, 0.2) is 78.9 Å². The van der Waals surface area contributed by atoms with Crippen LogP contribution in [-0.4, -0.2) is 45.8 Å². The van der Waals surface area contributed by atoms with Gasteiger partial charge in [-0.05, 0) is 49.9 Å². The Labute approximate surface area is 205 Å². The van der Waals surface area contributed by atoms with Gasteiger partial charge in [-0.1, -0.05) is 72.3 Å². The number of phenolic OH excluding ortho intramolecular Hbond substituents is 1. The molecule has 0 amide bonds. The zero-order chi connectivity index (χ0) is 24.3. The normalized spacial score (nSPS) is 15.0. The van der Waals surface area contributed by atoms with Crippen LogP contribution in [0.2, 0.25) is 5.02 Å². The Balaban J connectivity index is 1.49. The molecule has 1 heterocycles. The van der Waals surface area contributed by atoms with Crippen molar-refractivity contribution in [2.45, 2.75) is 43.7 Å². The molecule has 0 spiro atoms. The predicted octanol–water partition coefficient (Wildman–Crippen LogP) is 5.74. The summed E-state index contributed by atoms with van der Waals surface area (Å²) in [5.41, 5.74) is 0.211. The number of rotatable bonds is 9. The molecule has 1 aliphatic heterocycles. The Bertz CT molecular complexity index is 1090. The molecule has 0 atom stereocenters. The van der Waals surface area contributed by atoms with Gasteiger partial charge in [-0.15, -0.1) is 0 Å². The molecule has 3 aromatic rings. The maximum absolute atomic E-state index is 12.8. The summed E-state index contributed by atoms with van der Waals surface area (Å²) in [4.78, 5) is 15.1. The molecule has 1 saturated heterocycles. The molecule has 4 rings (SSSR count). The summed E-state index contributed by atoms with van der Waals surface area (Å²) < 4.78 is 5.98. The van der Waals surface area contributed by atoms with Crippen LogP contribution in [0, 0.1) is 0 Å². The lowest BCUT2D eigenvalue weighted by Crippen LogP contribution is -2.62. The molecule has 0 aliphatic carbocycles. The van der Waals surface area contributed by atoms with E-state index in [0.29, 0.717) is 36.7 Å². The third kappa shape index (κ3) is 4.77. The second-order valence-corrected chi connectivity index (χ2v) is 9.92. The van der Waals surface area contributed by atoms with Crippen molar-refractivity contribution in [1.82, 2.24) is 4.90 Å². The third-order valence-electron chi connectivity index (χ3n) is 6.92. The molecule has 0 radical (unpaired) electrons. The van der Waals surface area contributed by atoms with Gasteiger partial charge in [0.15, 0.2) is 0 Å². The van der Waals surface area contributed by atoms with Gasteiger partial charge in [-0.2, -0.15) is 0 Å². The molecular weight excluding hydrogens is 450 g/mol. The summed E-state index contributed by atoms with van der Waals surface area (Å²) in [6, 6.07) is 23.7. The zero-order valence-electron chi connectivity index (χ0n) is 19.4. The van der Waals surface area contributed by atoms with Gasteiger partial charge in [0.25, 0.3) is 0 Å². The number of hydrogen-bond acceptors (Lipinski definition) is 4. The Morgan fingerprint density at radius 1 is 0.971 bits per heavy atom. The maximum atomic E-state index is 12.8. The number of nitrogens with zero attached hydrogens (tertiary/aromatic N) is 1. The summed E-state index contributed by atoms with van der Waals surface area (Å²) >= 11 is 6.19. The van der Waals surface area contributed by atoms with Gasteiger partial charge in [-0.25, -0.2) is 0 Å². The average Bonchev–Trinajstić information content (AvgIpc) is 2.79. The fourth-order valence-corrected chi connectivity index (χ4v) is 4.84. The van der Waals surface area contributed by atoms with Crippen molar-refractivity contribution >= 4 is 17.6 Å². The van der Waals surface area contributed by atoms with Crippen molar-refractivity contribution in [1.29, 1.82) is 0 Å². The predicted molar refractivity (Wildman–Crippen MR) is 134 cm³/mol. The van der Waals surface area contributed by atoms with Crippen molar-refractivity contribution < 1.29 is 19.7 Å². The fraction of sp³-hybridized carbons (Fsp3) is 0.321. The molecule has 0 saturated carbocycles. The molecule has 1 fully saturated rings. The molecule has 3 aromatic carbocycles. The van der Waals surface area contributed by atoms with Crippen LogP contribution in [-0.2, 0) is 10.2 Å². The Hall–Kier alpha value is -3.02. The van der Waals surface area contributed by atoms with E-state index in [9.17, 15) is 15.0 Å². The van der Waals surface area contributed by atoms with E-state index in [4.69, 9.17) is 16.3 Å². The van der Waals surface area contributed by atoms with E-state index in [2.05, 4.69) is 18.7 Å². The second-order valence-electron chi connectivity index (χ2n) is 9.51. The van der Waals surface area contributed by atoms with E-state index in [-0.39, 0.29) is 17.4 Å². The molecular formula is C28H30ClNO4. The highest BCUT2D eigenvalue weighted by Gasteiger charge is 2.45. The average molecular weight is 480 g/mol. The third-order valence-corrected chi connectivity index (χ3v) is 7.23. The number of carboxylic acids is 1. The van der Waals surface area contributed by atoms with Crippen molar-refractivity contribution in [3.8, 4) is 11.5 Å². The van der Waals surface area contributed by atoms with Crippen LogP contribution in [0.5, 0.6) is 11.5 Å². The van der Waals surface area contributed by atoms with Crippen LogP contribution in [0.1, 0.15) is 37.8 Å². The van der Waals surface area contributed by atoms with E-state index < -0.39 is 11.4 Å². The number of aromatic hydroxyl groups is 1. The van der Waals surface area contributed by atoms with Crippen LogP contribution in [0.3, 0.4) is 0 Å². The molecule has 2 N–H and O–H groups in total. The summed E-state index contributed by atoms with van der Waals surface area (Å²) in [6.45, 7) is 5.70. The van der Waals surface area contributed by atoms with E-state index in [0.717, 1.165) is 11.1 Å². The number of likely N-dealkylation sites (tertiary alicyclic amines) is 1. The zero-order valence-corrected chi connectivity index (χ0v) is 20.2. The summed E-state index contributed by atoms with van der Waals surface area (Å²) in [6.07, 6.45) is 1.11. The fourth-order valence-electron chi connectivity index (χ4n) is 4.67. The number of benzene rings is 3. The topological polar surface area (TPSA) is 70.0 Å².